The van der Waals surface area contributed by atoms with Crippen LogP contribution in [-0.4, -0.2) is 30.4 Å². The summed E-state index contributed by atoms with van der Waals surface area (Å²) in [5, 5.41) is 6.81. The van der Waals surface area contributed by atoms with Gasteiger partial charge in [0.2, 0.25) is 0 Å². The molecule has 1 aromatic carbocycles. The Bertz CT molecular complexity index is 589. The minimum Gasteiger partial charge on any atom is -0.493 e. The van der Waals surface area contributed by atoms with E-state index >= 15 is 0 Å². The molecule has 25 heavy (non-hydrogen) atoms. The number of nitrogens with one attached hydrogen (secondary N) is 2. The largest absolute Gasteiger partial charge is 0.493 e. The highest BCUT2D eigenvalue weighted by Gasteiger charge is 2.28. The number of ether oxygens (including phenoxy) is 2. The zero-order valence-corrected chi connectivity index (χ0v) is 15.5. The summed E-state index contributed by atoms with van der Waals surface area (Å²) in [5.41, 5.74) is 0.821. The predicted molar refractivity (Wildman–Crippen MR) is 97.8 cm³/mol. The Morgan fingerprint density at radius 1 is 1.08 bits per heavy atom. The fraction of sp³-hybridized carbons (Fsp3) is 0.650. The molecule has 1 atom stereocenters. The SMILES string of the molecule is CC(C)(C)OC(=O)NC1CCC(NC2CCOc3ccccc32)CC1. The number of benzene rings is 1. The lowest BCUT2D eigenvalue weighted by Gasteiger charge is -2.35. The zero-order valence-electron chi connectivity index (χ0n) is 15.5. The van der Waals surface area contributed by atoms with Gasteiger partial charge in [-0.1, -0.05) is 18.2 Å². The lowest BCUT2D eigenvalue weighted by Crippen LogP contribution is -2.45. The molecule has 1 aliphatic heterocycles. The molecule has 2 N–H and O–H groups in total. The molecule has 3 rings (SSSR count). The van der Waals surface area contributed by atoms with E-state index in [0.717, 1.165) is 44.5 Å². The highest BCUT2D eigenvalue weighted by Crippen LogP contribution is 2.33. The first-order valence-corrected chi connectivity index (χ1v) is 9.38. The number of carbonyl (C=O) groups is 1. The van der Waals surface area contributed by atoms with E-state index in [-0.39, 0.29) is 12.1 Å². The minimum atomic E-state index is -0.445. The standard InChI is InChI=1S/C20H30N2O3/c1-20(2,3)25-19(23)22-15-10-8-14(9-11-15)21-17-12-13-24-18-7-5-4-6-16(17)18/h4-7,14-15,17,21H,8-13H2,1-3H3,(H,22,23). The number of amides is 1. The molecule has 1 aromatic rings. The van der Waals surface area contributed by atoms with Crippen molar-refractivity contribution < 1.29 is 14.3 Å². The number of fused-ring (bicyclic) bond motifs is 1. The fourth-order valence-corrected chi connectivity index (χ4v) is 3.68. The summed E-state index contributed by atoms with van der Waals surface area (Å²) in [6.07, 6.45) is 4.82. The molecule has 0 bridgehead atoms. The molecular formula is C20H30N2O3. The van der Waals surface area contributed by atoms with Crippen molar-refractivity contribution in [3.63, 3.8) is 0 Å². The zero-order chi connectivity index (χ0) is 17.9. The van der Waals surface area contributed by atoms with Crippen LogP contribution < -0.4 is 15.4 Å². The number of rotatable bonds is 3. The maximum atomic E-state index is 11.9. The van der Waals surface area contributed by atoms with E-state index in [9.17, 15) is 4.79 Å². The maximum absolute atomic E-state index is 11.9. The van der Waals surface area contributed by atoms with Crippen LogP contribution in [0.4, 0.5) is 4.79 Å². The average molecular weight is 346 g/mol. The van der Waals surface area contributed by atoms with E-state index in [1.165, 1.54) is 5.56 Å². The van der Waals surface area contributed by atoms with E-state index in [4.69, 9.17) is 9.47 Å². The van der Waals surface area contributed by atoms with E-state index in [0.29, 0.717) is 12.1 Å². The Kier molecular flexibility index (Phi) is 5.52. The van der Waals surface area contributed by atoms with Crippen molar-refractivity contribution >= 4 is 6.09 Å². The average Bonchev–Trinajstić information content (AvgIpc) is 2.55. The van der Waals surface area contributed by atoms with Crippen LogP contribution in [0.5, 0.6) is 5.75 Å². The van der Waals surface area contributed by atoms with Gasteiger partial charge in [0.05, 0.1) is 6.61 Å². The van der Waals surface area contributed by atoms with Gasteiger partial charge in [-0.25, -0.2) is 4.79 Å². The lowest BCUT2D eigenvalue weighted by molar-refractivity contribution is 0.0488. The van der Waals surface area contributed by atoms with E-state index < -0.39 is 5.60 Å². The van der Waals surface area contributed by atoms with Crippen LogP contribution in [0.15, 0.2) is 24.3 Å². The third-order valence-corrected chi connectivity index (χ3v) is 4.84. The van der Waals surface area contributed by atoms with Crippen LogP contribution in [-0.2, 0) is 4.74 Å². The Morgan fingerprint density at radius 2 is 1.76 bits per heavy atom. The van der Waals surface area contributed by atoms with Gasteiger partial charge in [0, 0.05) is 30.1 Å². The van der Waals surface area contributed by atoms with Crippen molar-refractivity contribution in [3.8, 4) is 5.75 Å². The smallest absolute Gasteiger partial charge is 0.407 e. The van der Waals surface area contributed by atoms with Crippen molar-refractivity contribution in [2.24, 2.45) is 0 Å². The second-order valence-electron chi connectivity index (χ2n) is 8.09. The number of hydrogen-bond acceptors (Lipinski definition) is 4. The van der Waals surface area contributed by atoms with E-state index in [1.807, 2.05) is 32.9 Å². The number of alkyl carbamates (subject to hydrolysis) is 1. The van der Waals surface area contributed by atoms with Gasteiger partial charge < -0.3 is 20.1 Å². The molecule has 1 unspecified atom stereocenters. The maximum Gasteiger partial charge on any atom is 0.407 e. The predicted octanol–water partition coefficient (Wildman–Crippen LogP) is 3.94. The topological polar surface area (TPSA) is 59.6 Å². The molecule has 1 aliphatic carbocycles. The summed E-state index contributed by atoms with van der Waals surface area (Å²) in [6.45, 7) is 6.43. The molecule has 1 saturated carbocycles. The Balaban J connectivity index is 1.47. The second-order valence-corrected chi connectivity index (χ2v) is 8.09. The van der Waals surface area contributed by atoms with E-state index in [2.05, 4.69) is 22.8 Å². The van der Waals surface area contributed by atoms with E-state index in [1.54, 1.807) is 0 Å². The van der Waals surface area contributed by atoms with Crippen molar-refractivity contribution in [1.29, 1.82) is 0 Å². The van der Waals surface area contributed by atoms with Gasteiger partial charge in [0.15, 0.2) is 0 Å². The molecule has 1 fully saturated rings. The van der Waals surface area contributed by atoms with Crippen molar-refractivity contribution in [3.05, 3.63) is 29.8 Å². The summed E-state index contributed by atoms with van der Waals surface area (Å²) >= 11 is 0. The van der Waals surface area contributed by atoms with Gasteiger partial charge in [0.25, 0.3) is 0 Å². The highest BCUT2D eigenvalue weighted by molar-refractivity contribution is 5.68. The van der Waals surface area contributed by atoms with Gasteiger partial charge in [-0.15, -0.1) is 0 Å². The van der Waals surface area contributed by atoms with Crippen LogP contribution in [0, 0.1) is 0 Å². The van der Waals surface area contributed by atoms with Gasteiger partial charge in [-0.3, -0.25) is 0 Å². The van der Waals surface area contributed by atoms with Gasteiger partial charge in [-0.05, 0) is 52.5 Å². The molecule has 5 heteroatoms. The third-order valence-electron chi connectivity index (χ3n) is 4.84. The quantitative estimate of drug-likeness (QED) is 0.870. The normalized spacial score (nSPS) is 26.3. The van der Waals surface area contributed by atoms with Crippen LogP contribution in [0.25, 0.3) is 0 Å². The van der Waals surface area contributed by atoms with Gasteiger partial charge >= 0.3 is 6.09 Å². The highest BCUT2D eigenvalue weighted by atomic mass is 16.6. The summed E-state index contributed by atoms with van der Waals surface area (Å²) in [7, 11) is 0. The molecule has 1 amide bonds. The van der Waals surface area contributed by atoms with Crippen LogP contribution in [0.1, 0.15) is 64.5 Å². The first-order chi connectivity index (χ1) is 11.9. The van der Waals surface area contributed by atoms with Gasteiger partial charge in [0.1, 0.15) is 11.4 Å². The monoisotopic (exact) mass is 346 g/mol. The molecule has 0 radical (unpaired) electrons. The molecule has 0 aromatic heterocycles. The van der Waals surface area contributed by atoms with Crippen molar-refractivity contribution in [2.75, 3.05) is 6.61 Å². The molecule has 0 spiro atoms. The lowest BCUT2D eigenvalue weighted by atomic mass is 9.89. The molecule has 138 valence electrons. The summed E-state index contributed by atoms with van der Waals surface area (Å²) in [4.78, 5) is 11.9. The number of carbonyl (C=O) groups excluding carboxylic acids is 1. The Morgan fingerprint density at radius 3 is 2.48 bits per heavy atom. The molecular weight excluding hydrogens is 316 g/mol. The molecule has 5 nitrogen and oxygen atoms in total. The molecule has 2 aliphatic rings. The third kappa shape index (κ3) is 5.11. The Labute approximate surface area is 150 Å². The van der Waals surface area contributed by atoms with Crippen LogP contribution in [0.2, 0.25) is 0 Å². The summed E-state index contributed by atoms with van der Waals surface area (Å²) in [5.74, 6) is 1.01. The Hall–Kier alpha value is -1.75. The first kappa shape index (κ1) is 18.1. The minimum absolute atomic E-state index is 0.217. The molecule has 0 saturated heterocycles. The first-order valence-electron chi connectivity index (χ1n) is 9.38. The fourth-order valence-electron chi connectivity index (χ4n) is 3.68. The van der Waals surface area contributed by atoms with Crippen LogP contribution in [0.3, 0.4) is 0 Å². The number of hydrogen-bond donors (Lipinski definition) is 2. The summed E-state index contributed by atoms with van der Waals surface area (Å²) < 4.78 is 11.1. The number of para-hydroxylation sites is 1. The molecule has 1 heterocycles. The second kappa shape index (κ2) is 7.65. The van der Waals surface area contributed by atoms with Crippen molar-refractivity contribution in [2.45, 2.75) is 76.6 Å². The van der Waals surface area contributed by atoms with Gasteiger partial charge in [-0.2, -0.15) is 0 Å². The van der Waals surface area contributed by atoms with Crippen LogP contribution >= 0.6 is 0 Å². The van der Waals surface area contributed by atoms with Crippen molar-refractivity contribution in [1.82, 2.24) is 10.6 Å². The summed E-state index contributed by atoms with van der Waals surface area (Å²) in [6, 6.07) is 9.37.